The van der Waals surface area contributed by atoms with E-state index in [2.05, 4.69) is 32.9 Å². The highest BCUT2D eigenvalue weighted by molar-refractivity contribution is 4.83. The summed E-state index contributed by atoms with van der Waals surface area (Å²) in [5.41, 5.74) is 0. The van der Waals surface area contributed by atoms with Gasteiger partial charge in [-0.25, -0.2) is 0 Å². The number of hydrogen-bond acceptors (Lipinski definition) is 0. The number of unbranched alkanes of at least 4 members (excludes halogenated alkanes) is 20. The Morgan fingerprint density at radius 2 is 0.800 bits per heavy atom. The minimum absolute atomic E-state index is 0.882. The predicted molar refractivity (Wildman–Crippen MR) is 140 cm³/mol. The molecule has 30 heavy (non-hydrogen) atoms. The molecule has 0 radical (unpaired) electrons. The molecule has 0 bridgehead atoms. The summed E-state index contributed by atoms with van der Waals surface area (Å²) in [4.78, 5) is 0. The first-order chi connectivity index (χ1) is 14.8. The van der Waals surface area contributed by atoms with Gasteiger partial charge in [-0.15, -0.1) is 0 Å². The van der Waals surface area contributed by atoms with E-state index in [0.717, 1.165) is 5.92 Å². The second-order valence-electron chi connectivity index (χ2n) is 10.1. The summed E-state index contributed by atoms with van der Waals surface area (Å²) in [7, 11) is 0. The Morgan fingerprint density at radius 3 is 1.23 bits per heavy atom. The lowest BCUT2D eigenvalue weighted by molar-refractivity contribution is 0.483. The predicted octanol–water partition coefficient (Wildman–Crippen LogP) is 11.6. The Morgan fingerprint density at radius 1 is 0.433 bits per heavy atom. The average Bonchev–Trinajstić information content (AvgIpc) is 2.75. The molecule has 0 rings (SSSR count). The molecule has 1 atom stereocenters. The van der Waals surface area contributed by atoms with Crippen molar-refractivity contribution in [2.45, 2.75) is 175 Å². The molecule has 0 saturated carbocycles. The van der Waals surface area contributed by atoms with Crippen LogP contribution < -0.4 is 0 Å². The van der Waals surface area contributed by atoms with Crippen molar-refractivity contribution in [3.63, 3.8) is 0 Å². The van der Waals surface area contributed by atoms with E-state index >= 15 is 0 Å². The van der Waals surface area contributed by atoms with Crippen molar-refractivity contribution in [3.05, 3.63) is 12.2 Å². The first-order valence-corrected chi connectivity index (χ1v) is 14.5. The Kier molecular flexibility index (Phi) is 26.5. The topological polar surface area (TPSA) is 0 Å². The zero-order valence-corrected chi connectivity index (χ0v) is 21.7. The van der Waals surface area contributed by atoms with Crippen LogP contribution in [0.25, 0.3) is 0 Å². The summed E-state index contributed by atoms with van der Waals surface area (Å²) in [5.74, 6) is 0.882. The van der Waals surface area contributed by atoms with Gasteiger partial charge in [0.15, 0.2) is 0 Å². The fourth-order valence-corrected chi connectivity index (χ4v) is 4.47. The van der Waals surface area contributed by atoms with E-state index in [1.807, 2.05) is 0 Å². The minimum atomic E-state index is 0.882. The maximum absolute atomic E-state index is 2.47. The van der Waals surface area contributed by atoms with Crippen molar-refractivity contribution in [3.8, 4) is 0 Å². The Balaban J connectivity index is 3.21. The van der Waals surface area contributed by atoms with Crippen LogP contribution in [0.2, 0.25) is 0 Å². The number of rotatable bonds is 25. The van der Waals surface area contributed by atoms with E-state index in [4.69, 9.17) is 0 Å². The van der Waals surface area contributed by atoms with Crippen molar-refractivity contribution in [2.24, 2.45) is 5.92 Å². The molecular formula is C30H60. The van der Waals surface area contributed by atoms with Crippen molar-refractivity contribution < 1.29 is 0 Å². The highest BCUT2D eigenvalue weighted by Gasteiger charge is 2.00. The van der Waals surface area contributed by atoms with Crippen molar-refractivity contribution >= 4 is 0 Å². The standard InChI is InChI=1S/C30H60/c1-4-6-8-10-12-14-15-16-17-18-19-21-23-25-27-29-30(3)28-26-24-22-20-13-11-9-7-5-2/h25,27,30H,4-24,26,28-29H2,1-3H3. The van der Waals surface area contributed by atoms with Crippen LogP contribution in [0.4, 0.5) is 0 Å². The normalized spacial score (nSPS) is 12.8. The average molecular weight is 421 g/mol. The van der Waals surface area contributed by atoms with Gasteiger partial charge in [0.05, 0.1) is 0 Å². The molecule has 0 aliphatic heterocycles. The SMILES string of the molecule is CCCCCCCCCCCCCCC=CCC(C)CCCCCCCCCCC. The largest absolute Gasteiger partial charge is 0.0885 e. The monoisotopic (exact) mass is 420 g/mol. The molecule has 0 aromatic carbocycles. The van der Waals surface area contributed by atoms with Crippen LogP contribution in [-0.2, 0) is 0 Å². The molecule has 0 spiro atoms. The second kappa shape index (κ2) is 26.8. The lowest BCUT2D eigenvalue weighted by Gasteiger charge is -2.08. The smallest absolute Gasteiger partial charge is 0.0325 e. The molecule has 0 saturated heterocycles. The molecule has 0 aromatic heterocycles. The molecule has 0 aliphatic rings. The van der Waals surface area contributed by atoms with E-state index in [1.165, 1.54) is 154 Å². The van der Waals surface area contributed by atoms with Gasteiger partial charge >= 0.3 is 0 Å². The van der Waals surface area contributed by atoms with Gasteiger partial charge in [0, 0.05) is 0 Å². The van der Waals surface area contributed by atoms with Gasteiger partial charge < -0.3 is 0 Å². The van der Waals surface area contributed by atoms with Crippen LogP contribution in [0.1, 0.15) is 175 Å². The molecule has 0 heterocycles. The summed E-state index contributed by atoms with van der Waals surface area (Å²) in [5, 5.41) is 0. The van der Waals surface area contributed by atoms with E-state index in [-0.39, 0.29) is 0 Å². The molecule has 0 heteroatoms. The van der Waals surface area contributed by atoms with Crippen LogP contribution in [-0.4, -0.2) is 0 Å². The number of hydrogen-bond donors (Lipinski definition) is 0. The van der Waals surface area contributed by atoms with Crippen molar-refractivity contribution in [2.75, 3.05) is 0 Å². The van der Waals surface area contributed by atoms with Gasteiger partial charge in [0.1, 0.15) is 0 Å². The Hall–Kier alpha value is -0.260. The molecule has 0 amide bonds. The molecule has 0 nitrogen and oxygen atoms in total. The molecule has 1 unspecified atom stereocenters. The summed E-state index contributed by atoms with van der Waals surface area (Å²) < 4.78 is 0. The highest BCUT2D eigenvalue weighted by Crippen LogP contribution is 2.17. The summed E-state index contributed by atoms with van der Waals surface area (Å²) in [6.45, 7) is 7.05. The second-order valence-corrected chi connectivity index (χ2v) is 10.1. The van der Waals surface area contributed by atoms with E-state index in [0.29, 0.717) is 0 Å². The van der Waals surface area contributed by atoms with Gasteiger partial charge in [-0.2, -0.15) is 0 Å². The van der Waals surface area contributed by atoms with Crippen LogP contribution in [0.15, 0.2) is 12.2 Å². The lowest BCUT2D eigenvalue weighted by atomic mass is 9.98. The summed E-state index contributed by atoms with van der Waals surface area (Å²) in [6, 6.07) is 0. The zero-order valence-electron chi connectivity index (χ0n) is 21.7. The van der Waals surface area contributed by atoms with Gasteiger partial charge in [-0.05, 0) is 25.2 Å². The first-order valence-electron chi connectivity index (χ1n) is 14.5. The van der Waals surface area contributed by atoms with E-state index in [1.54, 1.807) is 0 Å². The third-order valence-corrected chi connectivity index (χ3v) is 6.73. The summed E-state index contributed by atoms with van der Waals surface area (Å²) in [6.07, 6.45) is 39.4. The fraction of sp³-hybridized carbons (Fsp3) is 0.933. The van der Waals surface area contributed by atoms with Crippen LogP contribution >= 0.6 is 0 Å². The molecule has 0 N–H and O–H groups in total. The Bertz CT molecular complexity index is 316. The van der Waals surface area contributed by atoms with E-state index < -0.39 is 0 Å². The van der Waals surface area contributed by atoms with Crippen LogP contribution in [0.5, 0.6) is 0 Å². The third-order valence-electron chi connectivity index (χ3n) is 6.73. The zero-order chi connectivity index (χ0) is 22.0. The lowest BCUT2D eigenvalue weighted by Crippen LogP contribution is -1.92. The summed E-state index contributed by atoms with van der Waals surface area (Å²) >= 11 is 0. The minimum Gasteiger partial charge on any atom is -0.0885 e. The quantitative estimate of drug-likeness (QED) is 0.102. The van der Waals surface area contributed by atoms with Crippen molar-refractivity contribution in [1.29, 1.82) is 0 Å². The van der Waals surface area contributed by atoms with E-state index in [9.17, 15) is 0 Å². The van der Waals surface area contributed by atoms with Gasteiger partial charge in [0.25, 0.3) is 0 Å². The maximum Gasteiger partial charge on any atom is -0.0325 e. The van der Waals surface area contributed by atoms with Gasteiger partial charge in [-0.3, -0.25) is 0 Å². The molecular weight excluding hydrogens is 360 g/mol. The molecule has 0 aromatic rings. The van der Waals surface area contributed by atoms with Gasteiger partial charge in [0.2, 0.25) is 0 Å². The van der Waals surface area contributed by atoms with Gasteiger partial charge in [-0.1, -0.05) is 168 Å². The van der Waals surface area contributed by atoms with Crippen LogP contribution in [0.3, 0.4) is 0 Å². The molecule has 180 valence electrons. The van der Waals surface area contributed by atoms with Crippen molar-refractivity contribution in [1.82, 2.24) is 0 Å². The fourth-order valence-electron chi connectivity index (χ4n) is 4.47. The first kappa shape index (κ1) is 29.7. The molecule has 0 fully saturated rings. The highest BCUT2D eigenvalue weighted by atomic mass is 14.1. The number of allylic oxidation sites excluding steroid dienone is 2. The Labute approximate surface area is 193 Å². The van der Waals surface area contributed by atoms with Crippen LogP contribution in [0, 0.1) is 5.92 Å². The third kappa shape index (κ3) is 25.8. The maximum atomic E-state index is 2.47. The molecule has 0 aliphatic carbocycles.